The molecule has 0 aliphatic heterocycles. The lowest BCUT2D eigenvalue weighted by atomic mass is 10.1. The smallest absolute Gasteiger partial charge is 0.188 e. The van der Waals surface area contributed by atoms with Gasteiger partial charge in [0, 0.05) is 13.2 Å². The van der Waals surface area contributed by atoms with Crippen molar-refractivity contribution in [2.45, 2.75) is 97.7 Å². The van der Waals surface area contributed by atoms with E-state index in [4.69, 9.17) is 18.9 Å². The van der Waals surface area contributed by atoms with Gasteiger partial charge in [0.05, 0.1) is 12.9 Å². The Kier molecular flexibility index (Phi) is 21.0. The van der Waals surface area contributed by atoms with Gasteiger partial charge in [-0.2, -0.15) is 0 Å². The number of unbranched alkanes of at least 4 members (excludes halogenated alkanes) is 8. The Labute approximate surface area is 156 Å². The van der Waals surface area contributed by atoms with E-state index in [2.05, 4.69) is 13.0 Å². The van der Waals surface area contributed by atoms with Crippen LogP contribution in [0.25, 0.3) is 0 Å². The molecule has 25 heavy (non-hydrogen) atoms. The third-order valence-corrected chi connectivity index (χ3v) is 4.00. The molecule has 0 aliphatic carbocycles. The van der Waals surface area contributed by atoms with Crippen LogP contribution in [-0.4, -0.2) is 32.9 Å². The average molecular weight is 359 g/mol. The van der Waals surface area contributed by atoms with Crippen LogP contribution < -0.4 is 0 Å². The largest absolute Gasteiger partial charge is 0.475 e. The molecule has 0 radical (unpaired) electrons. The van der Waals surface area contributed by atoms with Crippen LogP contribution in [0.3, 0.4) is 0 Å². The second-order valence-electron chi connectivity index (χ2n) is 6.31. The van der Waals surface area contributed by atoms with Gasteiger partial charge < -0.3 is 18.9 Å². The molecule has 0 bridgehead atoms. The zero-order chi connectivity index (χ0) is 18.4. The standard InChI is InChI=1S/C21H42O4/c1-4-7-8-9-10-12-15-18-22-20-23-19-16-13-11-14-17-21(24-5-2)25-6-3/h16,19,21H,4-15,17-18,20H2,1-3H3. The highest BCUT2D eigenvalue weighted by atomic mass is 16.7. The number of allylic oxidation sites excluding steroid dienone is 1. The van der Waals surface area contributed by atoms with Crippen molar-refractivity contribution in [2.75, 3.05) is 26.6 Å². The summed E-state index contributed by atoms with van der Waals surface area (Å²) >= 11 is 0. The van der Waals surface area contributed by atoms with Gasteiger partial charge in [-0.15, -0.1) is 0 Å². The van der Waals surface area contributed by atoms with Crippen LogP contribution in [0.4, 0.5) is 0 Å². The van der Waals surface area contributed by atoms with Crippen molar-refractivity contribution >= 4 is 0 Å². The molecular formula is C21H42O4. The maximum absolute atomic E-state index is 5.53. The summed E-state index contributed by atoms with van der Waals surface area (Å²) in [5.41, 5.74) is 0. The summed E-state index contributed by atoms with van der Waals surface area (Å²) < 4.78 is 21.9. The lowest BCUT2D eigenvalue weighted by molar-refractivity contribution is -0.140. The van der Waals surface area contributed by atoms with Gasteiger partial charge in [-0.1, -0.05) is 45.4 Å². The van der Waals surface area contributed by atoms with E-state index in [0.717, 1.165) is 38.7 Å². The molecule has 0 heterocycles. The van der Waals surface area contributed by atoms with Crippen molar-refractivity contribution in [1.29, 1.82) is 0 Å². The number of hydrogen-bond acceptors (Lipinski definition) is 4. The van der Waals surface area contributed by atoms with Crippen molar-refractivity contribution in [3.63, 3.8) is 0 Å². The van der Waals surface area contributed by atoms with E-state index in [1.165, 1.54) is 38.5 Å². The summed E-state index contributed by atoms with van der Waals surface area (Å²) in [4.78, 5) is 0. The Hall–Kier alpha value is -0.580. The van der Waals surface area contributed by atoms with Crippen molar-refractivity contribution in [3.05, 3.63) is 12.3 Å². The maximum Gasteiger partial charge on any atom is 0.188 e. The number of ether oxygens (including phenoxy) is 4. The summed E-state index contributed by atoms with van der Waals surface area (Å²) in [6, 6.07) is 0. The fourth-order valence-electron chi connectivity index (χ4n) is 2.60. The summed E-state index contributed by atoms with van der Waals surface area (Å²) in [5, 5.41) is 0. The van der Waals surface area contributed by atoms with E-state index in [0.29, 0.717) is 20.0 Å². The lowest BCUT2D eigenvalue weighted by Crippen LogP contribution is -2.17. The SMILES string of the molecule is CCCCCCCCCOCOC=CCCCCC(OCC)OCC. The van der Waals surface area contributed by atoms with E-state index < -0.39 is 0 Å². The molecule has 0 aliphatic rings. The van der Waals surface area contributed by atoms with Crippen LogP contribution in [0, 0.1) is 0 Å². The predicted molar refractivity (Wildman–Crippen MR) is 105 cm³/mol. The van der Waals surface area contributed by atoms with Gasteiger partial charge in [0.15, 0.2) is 13.1 Å². The summed E-state index contributed by atoms with van der Waals surface area (Å²) in [6.45, 7) is 8.84. The molecule has 0 aromatic rings. The highest BCUT2D eigenvalue weighted by Gasteiger charge is 2.06. The molecule has 4 nitrogen and oxygen atoms in total. The first-order valence-electron chi connectivity index (χ1n) is 10.4. The zero-order valence-corrected chi connectivity index (χ0v) is 17.0. The summed E-state index contributed by atoms with van der Waals surface area (Å²) in [6.07, 6.45) is 17.1. The minimum atomic E-state index is -0.0460. The van der Waals surface area contributed by atoms with Crippen LogP contribution in [0.2, 0.25) is 0 Å². The second kappa shape index (κ2) is 21.5. The first-order chi connectivity index (χ1) is 12.3. The molecule has 0 saturated heterocycles. The second-order valence-corrected chi connectivity index (χ2v) is 6.31. The van der Waals surface area contributed by atoms with Crippen molar-refractivity contribution in [1.82, 2.24) is 0 Å². The van der Waals surface area contributed by atoms with Crippen LogP contribution in [-0.2, 0) is 18.9 Å². The molecule has 150 valence electrons. The Morgan fingerprint density at radius 3 is 2.12 bits per heavy atom. The Morgan fingerprint density at radius 2 is 1.44 bits per heavy atom. The van der Waals surface area contributed by atoms with Crippen LogP contribution in [0.15, 0.2) is 12.3 Å². The zero-order valence-electron chi connectivity index (χ0n) is 17.0. The molecule has 0 unspecified atom stereocenters. The van der Waals surface area contributed by atoms with Gasteiger partial charge in [-0.05, 0) is 52.0 Å². The quantitative estimate of drug-likeness (QED) is 0.147. The monoisotopic (exact) mass is 358 g/mol. The number of hydrogen-bond donors (Lipinski definition) is 0. The van der Waals surface area contributed by atoms with Gasteiger partial charge >= 0.3 is 0 Å². The van der Waals surface area contributed by atoms with Crippen molar-refractivity contribution in [3.8, 4) is 0 Å². The summed E-state index contributed by atoms with van der Waals surface area (Å²) in [5.74, 6) is 0. The fraction of sp³-hybridized carbons (Fsp3) is 0.905. The van der Waals surface area contributed by atoms with Crippen LogP contribution >= 0.6 is 0 Å². The van der Waals surface area contributed by atoms with E-state index in [1.807, 2.05) is 13.8 Å². The van der Waals surface area contributed by atoms with Gasteiger partial charge in [-0.25, -0.2) is 0 Å². The van der Waals surface area contributed by atoms with E-state index in [1.54, 1.807) is 6.26 Å². The van der Waals surface area contributed by atoms with E-state index >= 15 is 0 Å². The minimum Gasteiger partial charge on any atom is -0.475 e. The first-order valence-corrected chi connectivity index (χ1v) is 10.4. The Balaban J connectivity index is 3.25. The normalized spacial score (nSPS) is 11.7. The Morgan fingerprint density at radius 1 is 0.760 bits per heavy atom. The van der Waals surface area contributed by atoms with Crippen molar-refractivity contribution in [2.24, 2.45) is 0 Å². The third-order valence-electron chi connectivity index (χ3n) is 4.00. The molecule has 0 spiro atoms. The van der Waals surface area contributed by atoms with Crippen LogP contribution in [0.5, 0.6) is 0 Å². The van der Waals surface area contributed by atoms with Crippen molar-refractivity contribution < 1.29 is 18.9 Å². The molecular weight excluding hydrogens is 316 g/mol. The highest BCUT2D eigenvalue weighted by molar-refractivity contribution is 4.72. The van der Waals surface area contributed by atoms with Crippen LogP contribution in [0.1, 0.15) is 91.4 Å². The minimum absolute atomic E-state index is 0.0460. The van der Waals surface area contributed by atoms with Gasteiger partial charge in [-0.3, -0.25) is 0 Å². The molecule has 0 saturated carbocycles. The molecule has 0 amide bonds. The summed E-state index contributed by atoms with van der Waals surface area (Å²) in [7, 11) is 0. The molecule has 0 aromatic heterocycles. The molecule has 0 atom stereocenters. The topological polar surface area (TPSA) is 36.9 Å². The molecule has 0 fully saturated rings. The molecule has 4 heteroatoms. The number of rotatable bonds is 20. The molecule has 0 rings (SSSR count). The highest BCUT2D eigenvalue weighted by Crippen LogP contribution is 2.09. The maximum atomic E-state index is 5.53. The predicted octanol–water partition coefficient (Wildman–Crippen LogP) is 6.20. The molecule has 0 aromatic carbocycles. The average Bonchev–Trinajstić information content (AvgIpc) is 2.61. The first kappa shape index (κ1) is 24.4. The van der Waals surface area contributed by atoms with E-state index in [-0.39, 0.29) is 6.29 Å². The Bertz CT molecular complexity index is 263. The van der Waals surface area contributed by atoms with Gasteiger partial charge in [0.1, 0.15) is 0 Å². The molecule has 0 N–H and O–H groups in total. The fourth-order valence-corrected chi connectivity index (χ4v) is 2.60. The van der Waals surface area contributed by atoms with Gasteiger partial charge in [0.25, 0.3) is 0 Å². The lowest BCUT2D eigenvalue weighted by Gasteiger charge is -2.16. The third kappa shape index (κ3) is 19.6. The van der Waals surface area contributed by atoms with E-state index in [9.17, 15) is 0 Å². The van der Waals surface area contributed by atoms with Gasteiger partial charge in [0.2, 0.25) is 0 Å².